The highest BCUT2D eigenvalue weighted by Gasteiger charge is 2.12. The molecule has 0 bridgehead atoms. The van der Waals surface area contributed by atoms with Crippen LogP contribution in [0.5, 0.6) is 11.5 Å². The summed E-state index contributed by atoms with van der Waals surface area (Å²) in [5.41, 5.74) is 2.00. The Labute approximate surface area is 195 Å². The summed E-state index contributed by atoms with van der Waals surface area (Å²) in [5, 5.41) is 4.02. The molecule has 0 atom stereocenters. The van der Waals surface area contributed by atoms with Crippen molar-refractivity contribution >= 4 is 40.9 Å². The number of hydrogen-bond acceptors (Lipinski definition) is 8. The number of nitrogens with zero attached hydrogens (tertiary/aromatic N) is 2. The number of ether oxygens (including phenoxy) is 2. The Balaban J connectivity index is 1.58. The maximum atomic E-state index is 12.4. The molecule has 3 aromatic rings. The summed E-state index contributed by atoms with van der Waals surface area (Å²) in [6, 6.07) is 16.1. The van der Waals surface area contributed by atoms with E-state index in [0.29, 0.717) is 32.9 Å². The van der Waals surface area contributed by atoms with Crippen LogP contribution in [-0.2, 0) is 4.79 Å². The van der Waals surface area contributed by atoms with Crippen molar-refractivity contribution in [2.75, 3.05) is 31.0 Å². The van der Waals surface area contributed by atoms with Gasteiger partial charge in [-0.05, 0) is 25.1 Å². The first kappa shape index (κ1) is 23.6. The standard InChI is InChI=1S/C23H23N3O4S2/c1-15-11-22(26-23(24-15)32-13-19(27)16-7-5-4-6-8-16)31-14-21(28)25-18-10-9-17(29-2)12-20(18)30-3/h4-12H,13-14H2,1-3H3,(H,25,28). The molecule has 2 aromatic carbocycles. The van der Waals surface area contributed by atoms with Gasteiger partial charge in [0, 0.05) is 17.3 Å². The number of methoxy groups -OCH3 is 2. The molecule has 0 saturated carbocycles. The second kappa shape index (κ2) is 11.5. The summed E-state index contributed by atoms with van der Waals surface area (Å²) < 4.78 is 10.5. The summed E-state index contributed by atoms with van der Waals surface area (Å²) >= 11 is 2.58. The van der Waals surface area contributed by atoms with Gasteiger partial charge in [-0.2, -0.15) is 0 Å². The van der Waals surface area contributed by atoms with Gasteiger partial charge in [0.25, 0.3) is 0 Å². The fourth-order valence-electron chi connectivity index (χ4n) is 2.72. The molecular formula is C23H23N3O4S2. The fraction of sp³-hybridized carbons (Fsp3) is 0.217. The number of hydrogen-bond donors (Lipinski definition) is 1. The fourth-order valence-corrected chi connectivity index (χ4v) is 4.33. The van der Waals surface area contributed by atoms with Crippen LogP contribution in [-0.4, -0.2) is 47.4 Å². The van der Waals surface area contributed by atoms with Crippen LogP contribution in [0.2, 0.25) is 0 Å². The van der Waals surface area contributed by atoms with Crippen molar-refractivity contribution in [3.8, 4) is 11.5 Å². The molecule has 166 valence electrons. The maximum Gasteiger partial charge on any atom is 0.234 e. The number of carbonyl (C=O) groups excluding carboxylic acids is 2. The topological polar surface area (TPSA) is 90.4 Å². The lowest BCUT2D eigenvalue weighted by Gasteiger charge is -2.11. The molecule has 0 aliphatic carbocycles. The summed E-state index contributed by atoms with van der Waals surface area (Å²) in [4.78, 5) is 33.6. The molecular weight excluding hydrogens is 446 g/mol. The average Bonchev–Trinajstić information content (AvgIpc) is 2.81. The quantitative estimate of drug-likeness (QED) is 0.201. The van der Waals surface area contributed by atoms with Gasteiger partial charge < -0.3 is 14.8 Å². The Bertz CT molecular complexity index is 1090. The highest BCUT2D eigenvalue weighted by molar-refractivity contribution is 8.00. The molecule has 3 rings (SSSR count). The largest absolute Gasteiger partial charge is 0.497 e. The van der Waals surface area contributed by atoms with Crippen molar-refractivity contribution in [3.63, 3.8) is 0 Å². The molecule has 1 N–H and O–H groups in total. The van der Waals surface area contributed by atoms with Gasteiger partial charge in [-0.1, -0.05) is 53.9 Å². The van der Waals surface area contributed by atoms with Crippen molar-refractivity contribution in [1.29, 1.82) is 0 Å². The van der Waals surface area contributed by atoms with Crippen molar-refractivity contribution in [2.24, 2.45) is 0 Å². The lowest BCUT2D eigenvalue weighted by Crippen LogP contribution is -2.15. The van der Waals surface area contributed by atoms with Crippen LogP contribution in [0.25, 0.3) is 0 Å². The minimum absolute atomic E-state index is 0.0164. The Morgan fingerprint density at radius 2 is 1.72 bits per heavy atom. The van der Waals surface area contributed by atoms with Crippen LogP contribution >= 0.6 is 23.5 Å². The predicted octanol–water partition coefficient (Wildman–Crippen LogP) is 4.51. The van der Waals surface area contributed by atoms with Crippen LogP contribution < -0.4 is 14.8 Å². The zero-order chi connectivity index (χ0) is 22.9. The van der Waals surface area contributed by atoms with E-state index in [1.54, 1.807) is 37.4 Å². The minimum atomic E-state index is -0.191. The number of amides is 1. The number of ketones is 1. The lowest BCUT2D eigenvalue weighted by molar-refractivity contribution is -0.113. The van der Waals surface area contributed by atoms with E-state index >= 15 is 0 Å². The first-order chi connectivity index (χ1) is 15.5. The molecule has 0 spiro atoms. The number of rotatable bonds is 10. The molecule has 1 amide bonds. The number of aryl methyl sites for hydroxylation is 1. The van der Waals surface area contributed by atoms with Crippen molar-refractivity contribution in [1.82, 2.24) is 9.97 Å². The molecule has 32 heavy (non-hydrogen) atoms. The molecule has 0 aliphatic rings. The number of aromatic nitrogens is 2. The minimum Gasteiger partial charge on any atom is -0.497 e. The van der Waals surface area contributed by atoms with Gasteiger partial charge in [-0.25, -0.2) is 9.97 Å². The third-order valence-electron chi connectivity index (χ3n) is 4.27. The van der Waals surface area contributed by atoms with E-state index < -0.39 is 0 Å². The van der Waals surface area contributed by atoms with Gasteiger partial charge in [-0.3, -0.25) is 9.59 Å². The molecule has 0 radical (unpaired) electrons. The van der Waals surface area contributed by atoms with Crippen LogP contribution in [0.4, 0.5) is 5.69 Å². The molecule has 7 nitrogen and oxygen atoms in total. The first-order valence-electron chi connectivity index (χ1n) is 9.70. The van der Waals surface area contributed by atoms with Gasteiger partial charge in [0.15, 0.2) is 10.9 Å². The average molecular weight is 470 g/mol. The number of benzene rings is 2. The summed E-state index contributed by atoms with van der Waals surface area (Å²) in [6.07, 6.45) is 0. The highest BCUT2D eigenvalue weighted by Crippen LogP contribution is 2.29. The van der Waals surface area contributed by atoms with Crippen LogP contribution in [0, 0.1) is 6.92 Å². The van der Waals surface area contributed by atoms with Gasteiger partial charge in [0.1, 0.15) is 16.5 Å². The smallest absolute Gasteiger partial charge is 0.234 e. The zero-order valence-electron chi connectivity index (χ0n) is 18.0. The Kier molecular flexibility index (Phi) is 8.52. The number of Topliss-reactive ketones (excluding diaryl/α,β-unsaturated/α-hetero) is 1. The number of nitrogens with one attached hydrogen (secondary N) is 1. The van der Waals surface area contributed by atoms with Crippen molar-refractivity contribution < 1.29 is 19.1 Å². The maximum absolute atomic E-state index is 12.4. The lowest BCUT2D eigenvalue weighted by atomic mass is 10.2. The van der Waals surface area contributed by atoms with E-state index in [1.807, 2.05) is 31.2 Å². The van der Waals surface area contributed by atoms with Gasteiger partial charge in [0.05, 0.1) is 31.4 Å². The summed E-state index contributed by atoms with van der Waals surface area (Å²) in [6.45, 7) is 1.86. The number of carbonyl (C=O) groups is 2. The second-order valence-electron chi connectivity index (χ2n) is 6.61. The molecule has 1 heterocycles. The predicted molar refractivity (Wildman–Crippen MR) is 127 cm³/mol. The van der Waals surface area contributed by atoms with Crippen molar-refractivity contribution in [3.05, 3.63) is 65.9 Å². The van der Waals surface area contributed by atoms with Crippen LogP contribution in [0.1, 0.15) is 16.1 Å². The van der Waals surface area contributed by atoms with Crippen LogP contribution in [0.15, 0.2) is 64.8 Å². The van der Waals surface area contributed by atoms with Gasteiger partial charge in [0.2, 0.25) is 5.91 Å². The third kappa shape index (κ3) is 6.73. The van der Waals surface area contributed by atoms with Crippen molar-refractivity contribution in [2.45, 2.75) is 17.1 Å². The van der Waals surface area contributed by atoms with E-state index in [2.05, 4.69) is 15.3 Å². The number of anilines is 1. The van der Waals surface area contributed by atoms with E-state index in [-0.39, 0.29) is 23.2 Å². The molecule has 0 fully saturated rings. The second-order valence-corrected chi connectivity index (χ2v) is 8.55. The Morgan fingerprint density at radius 3 is 2.44 bits per heavy atom. The number of thioether (sulfide) groups is 2. The first-order valence-corrected chi connectivity index (χ1v) is 11.7. The summed E-state index contributed by atoms with van der Waals surface area (Å²) in [7, 11) is 3.10. The van der Waals surface area contributed by atoms with E-state index in [0.717, 1.165) is 5.69 Å². The molecule has 0 aliphatic heterocycles. The molecule has 0 unspecified atom stereocenters. The van der Waals surface area contributed by atoms with Crippen LogP contribution in [0.3, 0.4) is 0 Å². The normalized spacial score (nSPS) is 10.5. The monoisotopic (exact) mass is 469 g/mol. The molecule has 9 heteroatoms. The third-order valence-corrected chi connectivity index (χ3v) is 6.03. The van der Waals surface area contributed by atoms with E-state index in [4.69, 9.17) is 9.47 Å². The van der Waals surface area contributed by atoms with Gasteiger partial charge >= 0.3 is 0 Å². The highest BCUT2D eigenvalue weighted by atomic mass is 32.2. The molecule has 1 aromatic heterocycles. The Morgan fingerprint density at radius 1 is 0.938 bits per heavy atom. The SMILES string of the molecule is COc1ccc(NC(=O)CSc2cc(C)nc(SCC(=O)c3ccccc3)n2)c(OC)c1. The van der Waals surface area contributed by atoms with Gasteiger partial charge in [-0.15, -0.1) is 0 Å². The summed E-state index contributed by atoms with van der Waals surface area (Å²) in [5.74, 6) is 1.39. The van der Waals surface area contributed by atoms with E-state index in [1.165, 1.54) is 30.6 Å². The van der Waals surface area contributed by atoms with E-state index in [9.17, 15) is 9.59 Å². The molecule has 0 saturated heterocycles. The zero-order valence-corrected chi connectivity index (χ0v) is 19.6. The Hall–Kier alpha value is -3.04.